The molecule has 1 unspecified atom stereocenters. The minimum absolute atomic E-state index is 0.225. The SMILES string of the molecule is CC(N)Cc1ccn(CCc2ccc3c(c2)CCO3)c1. The van der Waals surface area contributed by atoms with E-state index in [1.54, 1.807) is 0 Å². The van der Waals surface area contributed by atoms with Gasteiger partial charge in [-0.2, -0.15) is 0 Å². The first-order valence-corrected chi connectivity index (χ1v) is 7.35. The molecule has 0 bridgehead atoms. The van der Waals surface area contributed by atoms with Gasteiger partial charge in [-0.1, -0.05) is 12.1 Å². The Morgan fingerprint density at radius 2 is 2.20 bits per heavy atom. The summed E-state index contributed by atoms with van der Waals surface area (Å²) < 4.78 is 7.79. The third kappa shape index (κ3) is 3.05. The highest BCUT2D eigenvalue weighted by Gasteiger charge is 2.11. The number of nitrogens with two attached hydrogens (primary N) is 1. The third-order valence-corrected chi connectivity index (χ3v) is 3.78. The zero-order chi connectivity index (χ0) is 13.9. The van der Waals surface area contributed by atoms with Gasteiger partial charge in [0.05, 0.1) is 6.61 Å². The predicted octanol–water partition coefficient (Wildman–Crippen LogP) is 2.56. The van der Waals surface area contributed by atoms with Crippen molar-refractivity contribution in [3.8, 4) is 5.75 Å². The van der Waals surface area contributed by atoms with Crippen molar-refractivity contribution in [3.63, 3.8) is 0 Å². The summed E-state index contributed by atoms with van der Waals surface area (Å²) in [7, 11) is 0. The van der Waals surface area contributed by atoms with E-state index in [1.807, 2.05) is 6.92 Å². The largest absolute Gasteiger partial charge is 0.493 e. The van der Waals surface area contributed by atoms with Crippen LogP contribution in [0.5, 0.6) is 5.75 Å². The van der Waals surface area contributed by atoms with Gasteiger partial charge in [0.1, 0.15) is 5.75 Å². The number of rotatable bonds is 5. The first-order valence-electron chi connectivity index (χ1n) is 7.35. The standard InChI is InChI=1S/C17H22N2O/c1-13(18)10-15-5-8-19(12-15)7-4-14-2-3-17-16(11-14)6-9-20-17/h2-3,5,8,11-13H,4,6-7,9-10,18H2,1H3. The topological polar surface area (TPSA) is 40.2 Å². The van der Waals surface area contributed by atoms with Gasteiger partial charge in [0.25, 0.3) is 0 Å². The van der Waals surface area contributed by atoms with Crippen molar-refractivity contribution in [1.29, 1.82) is 0 Å². The van der Waals surface area contributed by atoms with Crippen molar-refractivity contribution < 1.29 is 4.74 Å². The van der Waals surface area contributed by atoms with Crippen molar-refractivity contribution in [2.24, 2.45) is 5.73 Å². The predicted molar refractivity (Wildman–Crippen MR) is 81.1 cm³/mol. The van der Waals surface area contributed by atoms with Crippen LogP contribution < -0.4 is 10.5 Å². The Labute approximate surface area is 120 Å². The molecule has 0 saturated heterocycles. The molecule has 3 rings (SSSR count). The quantitative estimate of drug-likeness (QED) is 0.907. The van der Waals surface area contributed by atoms with Gasteiger partial charge in [-0.25, -0.2) is 0 Å². The van der Waals surface area contributed by atoms with Gasteiger partial charge in [-0.15, -0.1) is 0 Å². The number of fused-ring (bicyclic) bond motifs is 1. The van der Waals surface area contributed by atoms with Crippen molar-refractivity contribution >= 4 is 0 Å². The molecular formula is C17H22N2O. The highest BCUT2D eigenvalue weighted by Crippen LogP contribution is 2.26. The summed E-state index contributed by atoms with van der Waals surface area (Å²) in [5.74, 6) is 1.06. The molecule has 0 amide bonds. The summed E-state index contributed by atoms with van der Waals surface area (Å²) in [5, 5.41) is 0. The summed E-state index contributed by atoms with van der Waals surface area (Å²) in [6.07, 6.45) is 7.40. The van der Waals surface area contributed by atoms with Crippen molar-refractivity contribution in [2.45, 2.75) is 38.8 Å². The Morgan fingerprint density at radius 3 is 3.05 bits per heavy atom. The molecule has 0 fully saturated rings. The summed E-state index contributed by atoms with van der Waals surface area (Å²) in [6, 6.07) is 8.96. The average molecular weight is 270 g/mol. The summed E-state index contributed by atoms with van der Waals surface area (Å²) in [6.45, 7) is 3.89. The normalized spacial score (nSPS) is 14.9. The molecule has 0 aliphatic carbocycles. The fraction of sp³-hybridized carbons (Fsp3) is 0.412. The van der Waals surface area contributed by atoms with Crippen LogP contribution in [-0.4, -0.2) is 17.2 Å². The number of aryl methyl sites for hydroxylation is 2. The average Bonchev–Trinajstić information content (AvgIpc) is 3.03. The van der Waals surface area contributed by atoms with Gasteiger partial charge in [0.2, 0.25) is 0 Å². The number of ether oxygens (including phenoxy) is 1. The molecule has 0 radical (unpaired) electrons. The van der Waals surface area contributed by atoms with Crippen LogP contribution in [0.2, 0.25) is 0 Å². The van der Waals surface area contributed by atoms with Crippen LogP contribution in [0, 0.1) is 0 Å². The molecule has 1 atom stereocenters. The number of hydrogen-bond acceptors (Lipinski definition) is 2. The molecule has 0 spiro atoms. The third-order valence-electron chi connectivity index (χ3n) is 3.78. The molecule has 3 heteroatoms. The van der Waals surface area contributed by atoms with E-state index in [0.29, 0.717) is 0 Å². The van der Waals surface area contributed by atoms with Gasteiger partial charge in [-0.05, 0) is 48.6 Å². The smallest absolute Gasteiger partial charge is 0.122 e. The van der Waals surface area contributed by atoms with Crippen LogP contribution in [0.4, 0.5) is 0 Å². The Hall–Kier alpha value is -1.74. The molecule has 1 aliphatic heterocycles. The maximum absolute atomic E-state index is 5.83. The van der Waals surface area contributed by atoms with Gasteiger partial charge in [0, 0.05) is 31.4 Å². The zero-order valence-electron chi connectivity index (χ0n) is 12.0. The Balaban J connectivity index is 1.60. The molecule has 1 aliphatic rings. The number of benzene rings is 1. The van der Waals surface area contributed by atoms with Crippen LogP contribution in [0.25, 0.3) is 0 Å². The molecule has 106 valence electrons. The van der Waals surface area contributed by atoms with E-state index in [9.17, 15) is 0 Å². The van der Waals surface area contributed by atoms with Crippen molar-refractivity contribution in [1.82, 2.24) is 4.57 Å². The lowest BCUT2D eigenvalue weighted by molar-refractivity contribution is 0.357. The highest BCUT2D eigenvalue weighted by molar-refractivity contribution is 5.39. The number of aromatic nitrogens is 1. The van der Waals surface area contributed by atoms with Crippen molar-refractivity contribution in [2.75, 3.05) is 6.61 Å². The van der Waals surface area contributed by atoms with E-state index in [4.69, 9.17) is 10.5 Å². The lowest BCUT2D eigenvalue weighted by atomic mass is 10.1. The first kappa shape index (κ1) is 13.3. The molecule has 1 aromatic heterocycles. The van der Waals surface area contributed by atoms with E-state index in [-0.39, 0.29) is 6.04 Å². The monoisotopic (exact) mass is 270 g/mol. The van der Waals surface area contributed by atoms with E-state index in [1.165, 1.54) is 16.7 Å². The van der Waals surface area contributed by atoms with Gasteiger partial charge >= 0.3 is 0 Å². The molecule has 1 aromatic carbocycles. The second kappa shape index (κ2) is 5.71. The number of nitrogens with zero attached hydrogens (tertiary/aromatic N) is 1. The van der Waals surface area contributed by atoms with E-state index >= 15 is 0 Å². The molecule has 3 nitrogen and oxygen atoms in total. The molecule has 0 saturated carbocycles. The lowest BCUT2D eigenvalue weighted by Gasteiger charge is -2.06. The Kier molecular flexibility index (Phi) is 3.79. The highest BCUT2D eigenvalue weighted by atomic mass is 16.5. The van der Waals surface area contributed by atoms with Crippen LogP contribution in [0.3, 0.4) is 0 Å². The lowest BCUT2D eigenvalue weighted by Crippen LogP contribution is -2.17. The Bertz CT molecular complexity index is 586. The fourth-order valence-corrected chi connectivity index (χ4v) is 2.78. The molecule has 2 N–H and O–H groups in total. The molecule has 2 heterocycles. The second-order valence-electron chi connectivity index (χ2n) is 5.73. The maximum Gasteiger partial charge on any atom is 0.122 e. The summed E-state index contributed by atoms with van der Waals surface area (Å²) in [4.78, 5) is 0. The van der Waals surface area contributed by atoms with Crippen LogP contribution in [0.1, 0.15) is 23.6 Å². The minimum Gasteiger partial charge on any atom is -0.493 e. The molecule has 20 heavy (non-hydrogen) atoms. The maximum atomic E-state index is 5.83. The first-order chi connectivity index (χ1) is 9.70. The van der Waals surface area contributed by atoms with Gasteiger partial charge in [-0.3, -0.25) is 0 Å². The molecular weight excluding hydrogens is 248 g/mol. The summed E-state index contributed by atoms with van der Waals surface area (Å²) >= 11 is 0. The van der Waals surface area contributed by atoms with Crippen LogP contribution in [0.15, 0.2) is 36.7 Å². The summed E-state index contributed by atoms with van der Waals surface area (Å²) in [5.41, 5.74) is 9.89. The fourth-order valence-electron chi connectivity index (χ4n) is 2.78. The molecule has 2 aromatic rings. The zero-order valence-corrected chi connectivity index (χ0v) is 12.0. The van der Waals surface area contributed by atoms with E-state index < -0.39 is 0 Å². The second-order valence-corrected chi connectivity index (χ2v) is 5.73. The Morgan fingerprint density at radius 1 is 1.30 bits per heavy atom. The van der Waals surface area contributed by atoms with E-state index in [2.05, 4.69) is 41.2 Å². The van der Waals surface area contributed by atoms with Crippen LogP contribution >= 0.6 is 0 Å². The van der Waals surface area contributed by atoms with Gasteiger partial charge < -0.3 is 15.0 Å². The van der Waals surface area contributed by atoms with Gasteiger partial charge in [0.15, 0.2) is 0 Å². The van der Waals surface area contributed by atoms with E-state index in [0.717, 1.165) is 38.2 Å². The van der Waals surface area contributed by atoms with Crippen molar-refractivity contribution in [3.05, 3.63) is 53.3 Å². The number of hydrogen-bond donors (Lipinski definition) is 1. The van der Waals surface area contributed by atoms with Crippen LogP contribution in [-0.2, 0) is 25.8 Å². The minimum atomic E-state index is 0.225.